The summed E-state index contributed by atoms with van der Waals surface area (Å²) in [6, 6.07) is 8.10. The fourth-order valence-corrected chi connectivity index (χ4v) is 1.89. The van der Waals surface area contributed by atoms with Crippen LogP contribution in [0, 0.1) is 12.3 Å². The second-order valence-corrected chi connectivity index (χ2v) is 3.81. The molecule has 2 rings (SSSR count). The zero-order valence-electron chi connectivity index (χ0n) is 8.29. The van der Waals surface area contributed by atoms with Crippen LogP contribution in [-0.4, -0.2) is 18.0 Å². The van der Waals surface area contributed by atoms with Gasteiger partial charge in [-0.1, -0.05) is 18.1 Å². The Morgan fingerprint density at radius 1 is 1.14 bits per heavy atom. The highest BCUT2D eigenvalue weighted by Gasteiger charge is 2.10. The average molecular weight is 184 g/mol. The van der Waals surface area contributed by atoms with Crippen molar-refractivity contribution in [3.8, 4) is 5.92 Å². The van der Waals surface area contributed by atoms with E-state index in [4.69, 9.17) is 6.42 Å². The summed E-state index contributed by atoms with van der Waals surface area (Å²) in [7, 11) is 0. The number of benzene rings is 1. The molecule has 1 aromatic rings. The Kier molecular flexibility index (Phi) is 2.86. The van der Waals surface area contributed by atoms with Crippen molar-refractivity contribution in [2.45, 2.75) is 19.4 Å². The minimum absolute atomic E-state index is 0.857. The van der Waals surface area contributed by atoms with Crippen LogP contribution in [-0.2, 0) is 6.54 Å². The van der Waals surface area contributed by atoms with Crippen LogP contribution in [0.2, 0.25) is 0 Å². The fourth-order valence-electron chi connectivity index (χ4n) is 1.89. The summed E-state index contributed by atoms with van der Waals surface area (Å²) >= 11 is 0. The van der Waals surface area contributed by atoms with Gasteiger partial charge in [0.1, 0.15) is 0 Å². The van der Waals surface area contributed by atoms with Gasteiger partial charge in [-0.15, -0.1) is 0 Å². The SMILES string of the molecule is [C]#Cc1ccc(CN2CCCC2)cc1. The summed E-state index contributed by atoms with van der Waals surface area (Å²) in [5.41, 5.74) is 2.20. The largest absolute Gasteiger partial charge is 0.299 e. The molecular weight excluding hydrogens is 170 g/mol. The molecule has 1 heterocycles. The average Bonchev–Trinajstić information content (AvgIpc) is 2.72. The van der Waals surface area contributed by atoms with E-state index in [0.717, 1.165) is 12.1 Å². The molecule has 0 unspecified atom stereocenters. The van der Waals surface area contributed by atoms with E-state index in [2.05, 4.69) is 23.0 Å². The first-order chi connectivity index (χ1) is 6.88. The van der Waals surface area contributed by atoms with Gasteiger partial charge in [0.25, 0.3) is 0 Å². The third kappa shape index (κ3) is 2.16. The molecule has 0 aliphatic carbocycles. The number of nitrogens with zero attached hydrogens (tertiary/aromatic N) is 1. The van der Waals surface area contributed by atoms with Crippen molar-refractivity contribution in [2.24, 2.45) is 0 Å². The van der Waals surface area contributed by atoms with Crippen LogP contribution < -0.4 is 0 Å². The minimum atomic E-state index is 0.857. The van der Waals surface area contributed by atoms with Crippen LogP contribution in [0.3, 0.4) is 0 Å². The van der Waals surface area contributed by atoms with Crippen LogP contribution in [0.1, 0.15) is 24.0 Å². The Morgan fingerprint density at radius 2 is 1.79 bits per heavy atom. The third-order valence-electron chi connectivity index (χ3n) is 2.70. The molecule has 1 aliphatic heterocycles. The molecule has 1 aromatic carbocycles. The predicted molar refractivity (Wildman–Crippen MR) is 57.2 cm³/mol. The van der Waals surface area contributed by atoms with Gasteiger partial charge in [-0.05, 0) is 50.1 Å². The third-order valence-corrected chi connectivity index (χ3v) is 2.70. The van der Waals surface area contributed by atoms with Crippen molar-refractivity contribution in [1.29, 1.82) is 0 Å². The lowest BCUT2D eigenvalue weighted by atomic mass is 10.1. The molecule has 1 fully saturated rings. The van der Waals surface area contributed by atoms with Crippen LogP contribution in [0.4, 0.5) is 0 Å². The Bertz CT molecular complexity index is 325. The summed E-state index contributed by atoms with van der Waals surface area (Å²) in [6.45, 7) is 3.52. The Morgan fingerprint density at radius 3 is 2.36 bits per heavy atom. The van der Waals surface area contributed by atoms with Crippen LogP contribution in [0.5, 0.6) is 0 Å². The summed E-state index contributed by atoms with van der Waals surface area (Å²) < 4.78 is 0. The quantitative estimate of drug-likeness (QED) is 0.637. The lowest BCUT2D eigenvalue weighted by Gasteiger charge is -2.14. The van der Waals surface area contributed by atoms with Gasteiger partial charge < -0.3 is 0 Å². The maximum atomic E-state index is 6.98. The predicted octanol–water partition coefficient (Wildman–Crippen LogP) is 2.22. The van der Waals surface area contributed by atoms with Gasteiger partial charge in [0, 0.05) is 12.1 Å². The van der Waals surface area contributed by atoms with Crippen molar-refractivity contribution in [3.63, 3.8) is 0 Å². The summed E-state index contributed by atoms with van der Waals surface area (Å²) in [4.78, 5) is 2.48. The van der Waals surface area contributed by atoms with E-state index in [1.54, 1.807) is 0 Å². The molecule has 0 amide bonds. The van der Waals surface area contributed by atoms with E-state index in [9.17, 15) is 0 Å². The lowest BCUT2D eigenvalue weighted by molar-refractivity contribution is 0.331. The van der Waals surface area contributed by atoms with Crippen LogP contribution in [0.25, 0.3) is 0 Å². The van der Waals surface area contributed by atoms with E-state index in [0.29, 0.717) is 0 Å². The van der Waals surface area contributed by atoms with Gasteiger partial charge in [-0.3, -0.25) is 4.90 Å². The molecule has 1 aliphatic rings. The fraction of sp³-hybridized carbons (Fsp3) is 0.385. The van der Waals surface area contributed by atoms with Gasteiger partial charge in [0.15, 0.2) is 0 Å². The minimum Gasteiger partial charge on any atom is -0.299 e. The van der Waals surface area contributed by atoms with Crippen LogP contribution in [0.15, 0.2) is 24.3 Å². The van der Waals surface area contributed by atoms with Crippen molar-refractivity contribution < 1.29 is 0 Å². The molecule has 1 nitrogen and oxygen atoms in total. The maximum Gasteiger partial charge on any atom is 0.0255 e. The molecular formula is C13H14N. The molecule has 0 spiro atoms. The highest BCUT2D eigenvalue weighted by Crippen LogP contribution is 2.12. The van der Waals surface area contributed by atoms with E-state index < -0.39 is 0 Å². The molecule has 0 saturated carbocycles. The topological polar surface area (TPSA) is 3.24 Å². The number of hydrogen-bond donors (Lipinski definition) is 0. The van der Waals surface area contributed by atoms with Gasteiger partial charge in [0.2, 0.25) is 0 Å². The van der Waals surface area contributed by atoms with Gasteiger partial charge in [-0.25, -0.2) is 0 Å². The maximum absolute atomic E-state index is 6.98. The zero-order chi connectivity index (χ0) is 9.80. The summed E-state index contributed by atoms with van der Waals surface area (Å²) in [6.07, 6.45) is 9.66. The molecule has 0 aromatic heterocycles. The Hall–Kier alpha value is -1.26. The van der Waals surface area contributed by atoms with E-state index in [1.807, 2.05) is 12.1 Å². The Balaban J connectivity index is 1.99. The van der Waals surface area contributed by atoms with E-state index in [1.165, 1.54) is 31.5 Å². The highest BCUT2D eigenvalue weighted by atomic mass is 15.1. The highest BCUT2D eigenvalue weighted by molar-refractivity contribution is 5.32. The van der Waals surface area contributed by atoms with Crippen molar-refractivity contribution in [3.05, 3.63) is 41.8 Å². The van der Waals surface area contributed by atoms with Crippen LogP contribution >= 0.6 is 0 Å². The molecule has 0 bridgehead atoms. The molecule has 0 N–H and O–H groups in total. The molecule has 1 saturated heterocycles. The smallest absolute Gasteiger partial charge is 0.0255 e. The molecule has 1 heteroatoms. The number of hydrogen-bond acceptors (Lipinski definition) is 1. The number of rotatable bonds is 2. The normalized spacial score (nSPS) is 16.8. The molecule has 71 valence electrons. The molecule has 14 heavy (non-hydrogen) atoms. The second-order valence-electron chi connectivity index (χ2n) is 3.81. The van der Waals surface area contributed by atoms with Gasteiger partial charge in [0.05, 0.1) is 0 Å². The van der Waals surface area contributed by atoms with E-state index >= 15 is 0 Å². The van der Waals surface area contributed by atoms with Gasteiger partial charge >= 0.3 is 0 Å². The van der Waals surface area contributed by atoms with Crippen molar-refractivity contribution in [2.75, 3.05) is 13.1 Å². The van der Waals surface area contributed by atoms with E-state index in [-0.39, 0.29) is 0 Å². The monoisotopic (exact) mass is 184 g/mol. The van der Waals surface area contributed by atoms with Crippen molar-refractivity contribution >= 4 is 0 Å². The molecule has 1 radical (unpaired) electrons. The first-order valence-electron chi connectivity index (χ1n) is 5.12. The summed E-state index contributed by atoms with van der Waals surface area (Å²) in [5, 5.41) is 0. The lowest BCUT2D eigenvalue weighted by Crippen LogP contribution is -2.18. The zero-order valence-corrected chi connectivity index (χ0v) is 8.29. The van der Waals surface area contributed by atoms with Gasteiger partial charge in [-0.2, -0.15) is 0 Å². The second kappa shape index (κ2) is 4.30. The summed E-state index contributed by atoms with van der Waals surface area (Å²) in [5.74, 6) is 2.38. The first-order valence-corrected chi connectivity index (χ1v) is 5.12. The molecule has 0 atom stereocenters. The first kappa shape index (κ1) is 9.30. The van der Waals surface area contributed by atoms with Crippen molar-refractivity contribution in [1.82, 2.24) is 4.90 Å². The Labute approximate surface area is 85.7 Å². The standard InChI is InChI=1S/C13H14N/c1-2-12-5-7-13(8-6-12)11-14-9-3-4-10-14/h5-8H,3-4,9-11H2. The number of likely N-dealkylation sites (tertiary alicyclic amines) is 1.